The van der Waals surface area contributed by atoms with Crippen LogP contribution in [0.1, 0.15) is 12.8 Å². The van der Waals surface area contributed by atoms with E-state index in [0.717, 1.165) is 5.06 Å². The molecule has 2 nitrogen and oxygen atoms in total. The Morgan fingerprint density at radius 1 is 1.38 bits per heavy atom. The van der Waals surface area contributed by atoms with E-state index >= 15 is 0 Å². The zero-order valence-electron chi connectivity index (χ0n) is 4.68. The first kappa shape index (κ1) is 5.98. The van der Waals surface area contributed by atoms with Crippen molar-refractivity contribution < 1.29 is 9.60 Å². The van der Waals surface area contributed by atoms with Gasteiger partial charge in [-0.2, -0.15) is 5.06 Å². The van der Waals surface area contributed by atoms with Gasteiger partial charge in [0, 0.05) is 13.1 Å². The van der Waals surface area contributed by atoms with Crippen LogP contribution in [0.5, 0.6) is 0 Å². The van der Waals surface area contributed by atoms with Crippen LogP contribution in [0.25, 0.3) is 0 Å². The average Bonchev–Trinajstić information content (AvgIpc) is 1.77. The second kappa shape index (κ2) is 2.42. The molecular formula is C5H10FNO. The largest absolute Gasteiger partial charge is 0.314 e. The molecule has 48 valence electrons. The Balaban J connectivity index is 2.19. The number of hydroxylamine groups is 2. The Bertz CT molecular complexity index is 60.8. The van der Waals surface area contributed by atoms with Gasteiger partial charge in [-0.3, -0.25) is 0 Å². The lowest BCUT2D eigenvalue weighted by Gasteiger charge is -2.21. The third kappa shape index (κ3) is 1.42. The first-order chi connectivity index (χ1) is 3.79. The van der Waals surface area contributed by atoms with Gasteiger partial charge in [0.2, 0.25) is 0 Å². The molecular weight excluding hydrogens is 109 g/mol. The summed E-state index contributed by atoms with van der Waals surface area (Å²) in [6.07, 6.45) is 0.283. The van der Waals surface area contributed by atoms with Crippen LogP contribution in [-0.2, 0) is 0 Å². The molecule has 0 bridgehead atoms. The summed E-state index contributed by atoms with van der Waals surface area (Å²) in [6.45, 7) is 0.975. The van der Waals surface area contributed by atoms with Crippen molar-refractivity contribution in [3.8, 4) is 0 Å². The standard InChI is InChI=1S/C5H10FNO/c6-5-1-3-7(8)4-2-5/h5,8H,1-4H2. The fourth-order valence-electron chi connectivity index (χ4n) is 0.834. The Kier molecular flexibility index (Phi) is 1.81. The Morgan fingerprint density at radius 2 is 1.88 bits per heavy atom. The number of halogens is 1. The number of hydrogen-bond donors (Lipinski definition) is 1. The van der Waals surface area contributed by atoms with Crippen LogP contribution in [0.2, 0.25) is 0 Å². The van der Waals surface area contributed by atoms with Gasteiger partial charge in [0.25, 0.3) is 0 Å². The highest BCUT2D eigenvalue weighted by molar-refractivity contribution is 4.64. The van der Waals surface area contributed by atoms with Crippen molar-refractivity contribution in [2.24, 2.45) is 0 Å². The van der Waals surface area contributed by atoms with Crippen LogP contribution in [0, 0.1) is 0 Å². The van der Waals surface area contributed by atoms with Crippen LogP contribution >= 0.6 is 0 Å². The van der Waals surface area contributed by atoms with Crippen molar-refractivity contribution >= 4 is 0 Å². The summed E-state index contributed by atoms with van der Waals surface area (Å²) in [5, 5.41) is 9.86. The molecule has 3 heteroatoms. The Morgan fingerprint density at radius 3 is 2.25 bits per heavy atom. The van der Waals surface area contributed by atoms with Crippen molar-refractivity contribution in [3.63, 3.8) is 0 Å². The Hall–Kier alpha value is -0.150. The molecule has 1 saturated heterocycles. The van der Waals surface area contributed by atoms with Gasteiger partial charge in [0.1, 0.15) is 6.17 Å². The molecule has 1 N–H and O–H groups in total. The Labute approximate surface area is 47.9 Å². The SMILES string of the molecule is ON1CCC(F)CC1. The molecule has 1 aliphatic heterocycles. The van der Waals surface area contributed by atoms with E-state index in [1.165, 1.54) is 0 Å². The van der Waals surface area contributed by atoms with E-state index in [9.17, 15) is 4.39 Å². The maximum Gasteiger partial charge on any atom is 0.103 e. The fraction of sp³-hybridized carbons (Fsp3) is 1.00. The fourth-order valence-corrected chi connectivity index (χ4v) is 0.834. The molecule has 1 fully saturated rings. The van der Waals surface area contributed by atoms with Crippen molar-refractivity contribution in [3.05, 3.63) is 0 Å². The monoisotopic (exact) mass is 119 g/mol. The highest BCUT2D eigenvalue weighted by Gasteiger charge is 2.15. The summed E-state index contributed by atoms with van der Waals surface area (Å²) in [5.74, 6) is 0. The molecule has 1 rings (SSSR count). The van der Waals surface area contributed by atoms with Gasteiger partial charge in [-0.25, -0.2) is 4.39 Å². The number of rotatable bonds is 0. The summed E-state index contributed by atoms with van der Waals surface area (Å²) in [5.41, 5.74) is 0. The highest BCUT2D eigenvalue weighted by atomic mass is 19.1. The van der Waals surface area contributed by atoms with Gasteiger partial charge in [0.15, 0.2) is 0 Å². The minimum absolute atomic E-state index is 0.483. The van der Waals surface area contributed by atoms with Gasteiger partial charge >= 0.3 is 0 Å². The predicted octanol–water partition coefficient (Wildman–Crippen LogP) is 0.809. The van der Waals surface area contributed by atoms with Gasteiger partial charge in [0.05, 0.1) is 0 Å². The van der Waals surface area contributed by atoms with Gasteiger partial charge in [-0.1, -0.05) is 0 Å². The first-order valence-electron chi connectivity index (χ1n) is 2.87. The number of nitrogens with zero attached hydrogens (tertiary/aromatic N) is 1. The topological polar surface area (TPSA) is 23.5 Å². The van der Waals surface area contributed by atoms with Crippen molar-refractivity contribution in [2.45, 2.75) is 19.0 Å². The van der Waals surface area contributed by atoms with E-state index in [2.05, 4.69) is 0 Å². The second-order valence-electron chi connectivity index (χ2n) is 2.13. The molecule has 8 heavy (non-hydrogen) atoms. The smallest absolute Gasteiger partial charge is 0.103 e. The predicted molar refractivity (Wildman–Crippen MR) is 27.5 cm³/mol. The normalized spacial score (nSPS) is 26.2. The second-order valence-corrected chi connectivity index (χ2v) is 2.13. The molecule has 1 aliphatic rings. The van der Waals surface area contributed by atoms with Crippen molar-refractivity contribution in [1.29, 1.82) is 0 Å². The minimum atomic E-state index is -0.682. The molecule has 0 unspecified atom stereocenters. The van der Waals surface area contributed by atoms with E-state index in [-0.39, 0.29) is 0 Å². The van der Waals surface area contributed by atoms with Crippen molar-refractivity contribution in [2.75, 3.05) is 13.1 Å². The summed E-state index contributed by atoms with van der Waals surface area (Å²) < 4.78 is 12.2. The zero-order valence-corrected chi connectivity index (χ0v) is 4.68. The average molecular weight is 119 g/mol. The molecule has 0 saturated carbocycles. The summed E-state index contributed by atoms with van der Waals surface area (Å²) >= 11 is 0. The molecule has 0 atom stereocenters. The molecule has 0 aromatic heterocycles. The lowest BCUT2D eigenvalue weighted by Crippen LogP contribution is -2.31. The van der Waals surface area contributed by atoms with Crippen LogP contribution in [0.3, 0.4) is 0 Å². The number of alkyl halides is 1. The maximum absolute atomic E-state index is 12.2. The molecule has 0 aromatic rings. The van der Waals surface area contributed by atoms with Crippen LogP contribution in [0.4, 0.5) is 4.39 Å². The zero-order chi connectivity index (χ0) is 5.98. The summed E-state index contributed by atoms with van der Waals surface area (Å²) in [6, 6.07) is 0. The van der Waals surface area contributed by atoms with Gasteiger partial charge in [-0.05, 0) is 12.8 Å². The third-order valence-corrected chi connectivity index (χ3v) is 1.40. The molecule has 0 aromatic carbocycles. The number of hydrogen-bond acceptors (Lipinski definition) is 2. The van der Waals surface area contributed by atoms with E-state index in [4.69, 9.17) is 5.21 Å². The van der Waals surface area contributed by atoms with Crippen LogP contribution in [0.15, 0.2) is 0 Å². The molecule has 0 amide bonds. The summed E-state index contributed by atoms with van der Waals surface area (Å²) in [4.78, 5) is 0. The van der Waals surface area contributed by atoms with Crippen LogP contribution in [-0.4, -0.2) is 29.5 Å². The van der Waals surface area contributed by atoms with Crippen LogP contribution < -0.4 is 0 Å². The first-order valence-corrected chi connectivity index (χ1v) is 2.87. The van der Waals surface area contributed by atoms with Gasteiger partial charge < -0.3 is 5.21 Å². The van der Waals surface area contributed by atoms with Gasteiger partial charge in [-0.15, -0.1) is 0 Å². The molecule has 1 heterocycles. The molecule has 0 radical (unpaired) electrons. The van der Waals surface area contributed by atoms with E-state index in [1.54, 1.807) is 0 Å². The minimum Gasteiger partial charge on any atom is -0.314 e. The third-order valence-electron chi connectivity index (χ3n) is 1.40. The highest BCUT2D eigenvalue weighted by Crippen LogP contribution is 2.10. The van der Waals surface area contributed by atoms with E-state index in [1.807, 2.05) is 0 Å². The maximum atomic E-state index is 12.2. The molecule has 0 spiro atoms. The lowest BCUT2D eigenvalue weighted by atomic mass is 10.1. The van der Waals surface area contributed by atoms with E-state index in [0.29, 0.717) is 25.9 Å². The lowest BCUT2D eigenvalue weighted by molar-refractivity contribution is -0.113. The van der Waals surface area contributed by atoms with Crippen molar-refractivity contribution in [1.82, 2.24) is 5.06 Å². The molecule has 0 aliphatic carbocycles. The quantitative estimate of drug-likeness (QED) is 0.510. The van der Waals surface area contributed by atoms with E-state index < -0.39 is 6.17 Å². The number of piperidine rings is 1. The summed E-state index contributed by atoms with van der Waals surface area (Å²) in [7, 11) is 0.